The zero-order chi connectivity index (χ0) is 22.4. The summed E-state index contributed by atoms with van der Waals surface area (Å²) in [5.74, 6) is 0.402. The molecule has 0 aliphatic carbocycles. The Kier molecular flexibility index (Phi) is 7.63. The molecule has 31 heavy (non-hydrogen) atoms. The number of carbonyl (C=O) groups is 2. The largest absolute Gasteiger partial charge is 0.372 e. The topological polar surface area (TPSA) is 83.6 Å². The first kappa shape index (κ1) is 22.7. The van der Waals surface area contributed by atoms with E-state index >= 15 is 0 Å². The molecule has 3 unspecified atom stereocenters. The molecule has 2 heterocycles. The lowest BCUT2D eigenvalue weighted by Gasteiger charge is -2.36. The summed E-state index contributed by atoms with van der Waals surface area (Å²) in [4.78, 5) is 32.0. The Morgan fingerprint density at radius 3 is 2.35 bits per heavy atom. The fourth-order valence-electron chi connectivity index (χ4n) is 3.72. The highest BCUT2D eigenvalue weighted by molar-refractivity contribution is 5.97. The Balaban J connectivity index is 1.56. The number of hydrogen-bond acceptors (Lipinski definition) is 5. The van der Waals surface area contributed by atoms with Crippen LogP contribution in [-0.4, -0.2) is 48.1 Å². The molecule has 0 bridgehead atoms. The quantitative estimate of drug-likeness (QED) is 0.714. The van der Waals surface area contributed by atoms with E-state index in [0.29, 0.717) is 12.1 Å². The monoisotopic (exact) mass is 424 g/mol. The van der Waals surface area contributed by atoms with Gasteiger partial charge in [-0.1, -0.05) is 38.1 Å². The molecule has 0 saturated carbocycles. The second-order valence-corrected chi connectivity index (χ2v) is 8.47. The van der Waals surface area contributed by atoms with Crippen molar-refractivity contribution in [3.63, 3.8) is 0 Å². The Labute approximate surface area is 184 Å². The standard InChI is InChI=1S/C24H32N4O3/c1-16(2)22(27-23(29)20-8-6-5-7-9-20)24(30)26-13-19-10-11-21(25-12-19)28-14-17(3)31-18(4)15-28/h5-12,16-18,22H,13-15H2,1-4H3,(H,26,30)(H,27,29). The smallest absolute Gasteiger partial charge is 0.251 e. The molecule has 2 amide bonds. The molecule has 2 N–H and O–H groups in total. The van der Waals surface area contributed by atoms with Gasteiger partial charge in [0.15, 0.2) is 0 Å². The van der Waals surface area contributed by atoms with Crippen molar-refractivity contribution in [1.82, 2.24) is 15.6 Å². The van der Waals surface area contributed by atoms with Crippen LogP contribution in [0, 0.1) is 5.92 Å². The molecular formula is C24H32N4O3. The minimum Gasteiger partial charge on any atom is -0.372 e. The maximum absolute atomic E-state index is 12.7. The minimum absolute atomic E-state index is 0.0431. The number of pyridine rings is 1. The van der Waals surface area contributed by atoms with Gasteiger partial charge in [0, 0.05) is 31.4 Å². The predicted octanol–water partition coefficient (Wildman–Crippen LogP) is 2.77. The average Bonchev–Trinajstić information content (AvgIpc) is 2.75. The summed E-state index contributed by atoms with van der Waals surface area (Å²) < 4.78 is 5.78. The van der Waals surface area contributed by atoms with Crippen LogP contribution >= 0.6 is 0 Å². The van der Waals surface area contributed by atoms with Gasteiger partial charge < -0.3 is 20.3 Å². The number of carbonyl (C=O) groups excluding carboxylic acids is 2. The summed E-state index contributed by atoms with van der Waals surface area (Å²) in [7, 11) is 0. The highest BCUT2D eigenvalue weighted by atomic mass is 16.5. The number of amides is 2. The predicted molar refractivity (Wildman–Crippen MR) is 121 cm³/mol. The third-order valence-electron chi connectivity index (χ3n) is 5.29. The number of nitrogens with one attached hydrogen (secondary N) is 2. The van der Waals surface area contributed by atoms with Crippen LogP contribution < -0.4 is 15.5 Å². The SMILES string of the molecule is CC1CN(c2ccc(CNC(=O)C(NC(=O)c3ccccc3)C(C)C)cn2)CC(C)O1. The van der Waals surface area contributed by atoms with Crippen LogP contribution in [0.2, 0.25) is 0 Å². The molecule has 0 spiro atoms. The van der Waals surface area contributed by atoms with Gasteiger partial charge in [0.05, 0.1) is 12.2 Å². The lowest BCUT2D eigenvalue weighted by Crippen LogP contribution is -2.49. The molecule has 2 aromatic rings. The Morgan fingerprint density at radius 1 is 1.10 bits per heavy atom. The second kappa shape index (κ2) is 10.4. The molecule has 0 radical (unpaired) electrons. The Morgan fingerprint density at radius 2 is 1.77 bits per heavy atom. The van der Waals surface area contributed by atoms with E-state index in [1.807, 2.05) is 32.0 Å². The fraction of sp³-hybridized carbons (Fsp3) is 0.458. The lowest BCUT2D eigenvalue weighted by atomic mass is 10.0. The molecule has 3 rings (SSSR count). The second-order valence-electron chi connectivity index (χ2n) is 8.47. The van der Waals surface area contributed by atoms with Crippen LogP contribution in [0.4, 0.5) is 5.82 Å². The zero-order valence-electron chi connectivity index (χ0n) is 18.7. The highest BCUT2D eigenvalue weighted by Crippen LogP contribution is 2.18. The Bertz CT molecular complexity index is 860. The van der Waals surface area contributed by atoms with Crippen LogP contribution in [0.1, 0.15) is 43.6 Å². The number of aromatic nitrogens is 1. The summed E-state index contributed by atoms with van der Waals surface area (Å²) in [6.45, 7) is 9.93. The van der Waals surface area contributed by atoms with E-state index in [1.54, 1.807) is 30.5 Å². The first-order chi connectivity index (χ1) is 14.8. The van der Waals surface area contributed by atoms with Gasteiger partial charge in [-0.25, -0.2) is 4.98 Å². The third-order valence-corrected chi connectivity index (χ3v) is 5.29. The van der Waals surface area contributed by atoms with E-state index in [4.69, 9.17) is 4.74 Å². The Hall–Kier alpha value is -2.93. The highest BCUT2D eigenvalue weighted by Gasteiger charge is 2.25. The lowest BCUT2D eigenvalue weighted by molar-refractivity contribution is -0.124. The van der Waals surface area contributed by atoms with Crippen molar-refractivity contribution in [3.05, 3.63) is 59.8 Å². The maximum Gasteiger partial charge on any atom is 0.251 e. The zero-order valence-corrected chi connectivity index (χ0v) is 18.7. The summed E-state index contributed by atoms with van der Waals surface area (Å²) in [5.41, 5.74) is 1.44. The van der Waals surface area contributed by atoms with Gasteiger partial charge in [-0.05, 0) is 43.5 Å². The van der Waals surface area contributed by atoms with Gasteiger partial charge in [-0.15, -0.1) is 0 Å². The van der Waals surface area contributed by atoms with E-state index < -0.39 is 6.04 Å². The van der Waals surface area contributed by atoms with E-state index in [2.05, 4.69) is 34.4 Å². The number of morpholine rings is 1. The summed E-state index contributed by atoms with van der Waals surface area (Å²) in [5, 5.41) is 5.77. The van der Waals surface area contributed by atoms with Gasteiger partial charge in [0.25, 0.3) is 5.91 Å². The molecule has 1 saturated heterocycles. The van der Waals surface area contributed by atoms with Crippen molar-refractivity contribution in [1.29, 1.82) is 0 Å². The van der Waals surface area contributed by atoms with E-state index in [-0.39, 0.29) is 29.9 Å². The normalized spacial score (nSPS) is 19.7. The molecule has 1 aliphatic heterocycles. The van der Waals surface area contributed by atoms with Gasteiger partial charge in [0.2, 0.25) is 5.91 Å². The van der Waals surface area contributed by atoms with Gasteiger partial charge in [0.1, 0.15) is 11.9 Å². The van der Waals surface area contributed by atoms with Crippen molar-refractivity contribution in [2.75, 3.05) is 18.0 Å². The third kappa shape index (κ3) is 6.28. The van der Waals surface area contributed by atoms with Gasteiger partial charge in [-0.3, -0.25) is 9.59 Å². The van der Waals surface area contributed by atoms with Gasteiger partial charge >= 0.3 is 0 Å². The number of anilines is 1. The molecule has 1 aromatic carbocycles. The van der Waals surface area contributed by atoms with Crippen molar-refractivity contribution in [3.8, 4) is 0 Å². The van der Waals surface area contributed by atoms with Crippen LogP contribution in [0.15, 0.2) is 48.7 Å². The van der Waals surface area contributed by atoms with Crippen LogP contribution in [0.3, 0.4) is 0 Å². The average molecular weight is 425 g/mol. The number of nitrogens with zero attached hydrogens (tertiary/aromatic N) is 2. The summed E-state index contributed by atoms with van der Waals surface area (Å²) in [6, 6.07) is 12.2. The van der Waals surface area contributed by atoms with Gasteiger partial charge in [-0.2, -0.15) is 0 Å². The maximum atomic E-state index is 12.7. The molecule has 7 heteroatoms. The van der Waals surface area contributed by atoms with E-state index in [0.717, 1.165) is 24.5 Å². The minimum atomic E-state index is -0.615. The number of ether oxygens (including phenoxy) is 1. The molecule has 3 atom stereocenters. The molecule has 166 valence electrons. The van der Waals surface area contributed by atoms with Crippen molar-refractivity contribution in [2.45, 2.75) is 52.5 Å². The molecule has 7 nitrogen and oxygen atoms in total. The van der Waals surface area contributed by atoms with Crippen molar-refractivity contribution < 1.29 is 14.3 Å². The van der Waals surface area contributed by atoms with Crippen molar-refractivity contribution >= 4 is 17.6 Å². The summed E-state index contributed by atoms with van der Waals surface area (Å²) in [6.07, 6.45) is 2.13. The molecule has 1 fully saturated rings. The van der Waals surface area contributed by atoms with Crippen molar-refractivity contribution in [2.24, 2.45) is 5.92 Å². The molecule has 1 aromatic heterocycles. The van der Waals surface area contributed by atoms with Crippen LogP contribution in [-0.2, 0) is 16.1 Å². The molecule has 1 aliphatic rings. The number of rotatable bonds is 7. The first-order valence-corrected chi connectivity index (χ1v) is 10.8. The number of hydrogen-bond donors (Lipinski definition) is 2. The molecular weight excluding hydrogens is 392 g/mol. The number of benzene rings is 1. The van der Waals surface area contributed by atoms with E-state index in [1.165, 1.54) is 0 Å². The fourth-order valence-corrected chi connectivity index (χ4v) is 3.72. The summed E-state index contributed by atoms with van der Waals surface area (Å²) >= 11 is 0. The van der Waals surface area contributed by atoms with Crippen LogP contribution in [0.5, 0.6) is 0 Å². The first-order valence-electron chi connectivity index (χ1n) is 10.8. The van der Waals surface area contributed by atoms with E-state index in [9.17, 15) is 9.59 Å². The van der Waals surface area contributed by atoms with Crippen LogP contribution in [0.25, 0.3) is 0 Å².